The van der Waals surface area contributed by atoms with Gasteiger partial charge in [0.1, 0.15) is 11.5 Å². The average Bonchev–Trinajstić information content (AvgIpc) is 3.08. The van der Waals surface area contributed by atoms with Crippen LogP contribution in [0.5, 0.6) is 11.5 Å². The molecular weight excluding hydrogens is 435 g/mol. The van der Waals surface area contributed by atoms with E-state index in [2.05, 4.69) is 14.9 Å². The van der Waals surface area contributed by atoms with Crippen LogP contribution >= 0.6 is 11.6 Å². The lowest BCUT2D eigenvalue weighted by Gasteiger charge is -2.11. The highest BCUT2D eigenvalue weighted by Gasteiger charge is 2.31. The molecule has 1 N–H and O–H groups in total. The van der Waals surface area contributed by atoms with Gasteiger partial charge in [-0.2, -0.15) is 5.10 Å². The second-order valence-corrected chi connectivity index (χ2v) is 7.04. The van der Waals surface area contributed by atoms with Gasteiger partial charge >= 0.3 is 12.1 Å². The van der Waals surface area contributed by atoms with Gasteiger partial charge in [-0.3, -0.25) is 0 Å². The summed E-state index contributed by atoms with van der Waals surface area (Å²) in [5.74, 6) is 0.285. The van der Waals surface area contributed by atoms with Gasteiger partial charge in [-0.05, 0) is 47.5 Å². The molecule has 2 aromatic heterocycles. The Hall–Kier alpha value is -3.46. The summed E-state index contributed by atoms with van der Waals surface area (Å²) < 4.78 is 48.1. The van der Waals surface area contributed by atoms with Crippen LogP contribution in [0.1, 0.15) is 5.56 Å². The normalized spacial score (nSPS) is 11.6. The zero-order chi connectivity index (χ0) is 22.0. The molecule has 0 saturated heterocycles. The Bertz CT molecular complexity index is 1270. The number of rotatable bonds is 6. The standard InChI is InChI=1S/C21H15ClF3N3O3/c22-16-2-1-3-18(11-16)30-9-8-14-10-15(12-28-19(14)26-27-20(28)29)13-4-6-17(7-5-13)31-21(23,24)25/h1-7,10-12H,8-9H2,(H,27,29). The van der Waals surface area contributed by atoms with Crippen molar-refractivity contribution < 1.29 is 22.6 Å². The van der Waals surface area contributed by atoms with Crippen LogP contribution in [0.15, 0.2) is 65.6 Å². The molecule has 6 nitrogen and oxygen atoms in total. The zero-order valence-electron chi connectivity index (χ0n) is 15.8. The lowest BCUT2D eigenvalue weighted by molar-refractivity contribution is -0.274. The maximum atomic E-state index is 12.4. The number of aromatic amines is 1. The van der Waals surface area contributed by atoms with E-state index in [1.54, 1.807) is 30.5 Å². The van der Waals surface area contributed by atoms with Gasteiger partial charge in [0.15, 0.2) is 5.65 Å². The molecule has 4 aromatic rings. The summed E-state index contributed by atoms with van der Waals surface area (Å²) in [4.78, 5) is 12.1. The maximum absolute atomic E-state index is 12.4. The number of alkyl halides is 3. The number of hydrogen-bond acceptors (Lipinski definition) is 4. The summed E-state index contributed by atoms with van der Waals surface area (Å²) in [5, 5.41) is 7.01. The van der Waals surface area contributed by atoms with Crippen LogP contribution in [0.2, 0.25) is 5.02 Å². The molecule has 2 heterocycles. The Kier molecular flexibility index (Phi) is 5.60. The SMILES string of the molecule is O=c1[nH]nc2c(CCOc3cccc(Cl)c3)cc(-c3ccc(OC(F)(F)F)cc3)cn12. The number of ether oxygens (including phenoxy) is 2. The molecule has 0 amide bonds. The van der Waals surface area contributed by atoms with Crippen LogP contribution in [-0.4, -0.2) is 27.6 Å². The summed E-state index contributed by atoms with van der Waals surface area (Å²) in [6.45, 7) is 0.304. The van der Waals surface area contributed by atoms with E-state index in [-0.39, 0.29) is 5.75 Å². The first-order valence-corrected chi connectivity index (χ1v) is 9.50. The van der Waals surface area contributed by atoms with Crippen LogP contribution in [0.4, 0.5) is 13.2 Å². The number of pyridine rings is 1. The molecule has 31 heavy (non-hydrogen) atoms. The lowest BCUT2D eigenvalue weighted by atomic mass is 10.0. The number of hydrogen-bond donors (Lipinski definition) is 1. The quantitative estimate of drug-likeness (QED) is 0.456. The predicted molar refractivity (Wildman–Crippen MR) is 109 cm³/mol. The number of fused-ring (bicyclic) bond motifs is 1. The highest BCUT2D eigenvalue weighted by Crippen LogP contribution is 2.27. The van der Waals surface area contributed by atoms with Crippen molar-refractivity contribution in [1.82, 2.24) is 14.6 Å². The molecule has 0 unspecified atom stereocenters. The second-order valence-electron chi connectivity index (χ2n) is 6.60. The smallest absolute Gasteiger partial charge is 0.493 e. The summed E-state index contributed by atoms with van der Waals surface area (Å²) in [6, 6.07) is 14.2. The third-order valence-electron chi connectivity index (χ3n) is 4.45. The summed E-state index contributed by atoms with van der Waals surface area (Å²) in [7, 11) is 0. The first kappa shape index (κ1) is 20.8. The number of aromatic nitrogens is 3. The topological polar surface area (TPSA) is 68.6 Å². The van der Waals surface area contributed by atoms with Crippen molar-refractivity contribution >= 4 is 17.2 Å². The van der Waals surface area contributed by atoms with Gasteiger partial charge in [0.25, 0.3) is 0 Å². The largest absolute Gasteiger partial charge is 0.573 e. The number of H-pyrrole nitrogens is 1. The van der Waals surface area contributed by atoms with Crippen molar-refractivity contribution in [2.75, 3.05) is 6.61 Å². The predicted octanol–water partition coefficient (Wildman–Crippen LogP) is 4.86. The summed E-state index contributed by atoms with van der Waals surface area (Å²) in [5.41, 5.74) is 1.99. The first-order chi connectivity index (χ1) is 14.8. The minimum absolute atomic E-state index is 0.304. The van der Waals surface area contributed by atoms with Crippen molar-refractivity contribution in [2.24, 2.45) is 0 Å². The Labute approximate surface area is 178 Å². The Balaban J connectivity index is 1.60. The number of benzene rings is 2. The van der Waals surface area contributed by atoms with Crippen LogP contribution in [-0.2, 0) is 6.42 Å². The second kappa shape index (κ2) is 8.35. The van der Waals surface area contributed by atoms with Crippen LogP contribution in [0.3, 0.4) is 0 Å². The molecule has 0 fully saturated rings. The molecule has 0 bridgehead atoms. The molecule has 0 aliphatic carbocycles. The molecule has 0 aliphatic heterocycles. The minimum atomic E-state index is -4.76. The monoisotopic (exact) mass is 449 g/mol. The number of nitrogens with one attached hydrogen (secondary N) is 1. The molecule has 2 aromatic carbocycles. The highest BCUT2D eigenvalue weighted by molar-refractivity contribution is 6.30. The Morgan fingerprint density at radius 2 is 1.81 bits per heavy atom. The summed E-state index contributed by atoms with van der Waals surface area (Å²) in [6.07, 6.45) is -2.76. The number of nitrogens with zero attached hydrogens (tertiary/aromatic N) is 2. The molecule has 0 atom stereocenters. The van der Waals surface area contributed by atoms with E-state index >= 15 is 0 Å². The molecule has 0 aliphatic rings. The van der Waals surface area contributed by atoms with Crippen LogP contribution in [0, 0.1) is 0 Å². The Morgan fingerprint density at radius 1 is 1.03 bits per heavy atom. The van der Waals surface area contributed by atoms with E-state index in [0.717, 1.165) is 5.56 Å². The van der Waals surface area contributed by atoms with Gasteiger partial charge in [0.05, 0.1) is 6.61 Å². The van der Waals surface area contributed by atoms with Crippen molar-refractivity contribution in [3.8, 4) is 22.6 Å². The first-order valence-electron chi connectivity index (χ1n) is 9.13. The van der Waals surface area contributed by atoms with E-state index in [9.17, 15) is 18.0 Å². The fraction of sp³-hybridized carbons (Fsp3) is 0.143. The van der Waals surface area contributed by atoms with E-state index in [0.29, 0.717) is 40.6 Å². The fourth-order valence-electron chi connectivity index (χ4n) is 3.11. The van der Waals surface area contributed by atoms with Crippen molar-refractivity contribution in [1.29, 1.82) is 0 Å². The minimum Gasteiger partial charge on any atom is -0.493 e. The number of halogens is 4. The maximum Gasteiger partial charge on any atom is 0.573 e. The third kappa shape index (κ3) is 5.00. The molecule has 0 saturated carbocycles. The Morgan fingerprint density at radius 3 is 2.52 bits per heavy atom. The lowest BCUT2D eigenvalue weighted by Crippen LogP contribution is -2.16. The van der Waals surface area contributed by atoms with Crippen molar-refractivity contribution in [2.45, 2.75) is 12.8 Å². The zero-order valence-corrected chi connectivity index (χ0v) is 16.6. The van der Waals surface area contributed by atoms with E-state index in [1.165, 1.54) is 28.7 Å². The van der Waals surface area contributed by atoms with Gasteiger partial charge in [0, 0.05) is 23.2 Å². The van der Waals surface area contributed by atoms with Gasteiger partial charge in [-0.1, -0.05) is 29.8 Å². The molecule has 4 rings (SSSR count). The molecule has 160 valence electrons. The van der Waals surface area contributed by atoms with Gasteiger partial charge in [0.2, 0.25) is 0 Å². The van der Waals surface area contributed by atoms with Gasteiger partial charge < -0.3 is 9.47 Å². The molecule has 0 spiro atoms. The van der Waals surface area contributed by atoms with Gasteiger partial charge in [-0.25, -0.2) is 14.3 Å². The molecular formula is C21H15ClF3N3O3. The summed E-state index contributed by atoms with van der Waals surface area (Å²) >= 11 is 5.95. The highest BCUT2D eigenvalue weighted by atomic mass is 35.5. The van der Waals surface area contributed by atoms with E-state index < -0.39 is 12.1 Å². The van der Waals surface area contributed by atoms with Crippen molar-refractivity contribution in [3.63, 3.8) is 0 Å². The van der Waals surface area contributed by atoms with Crippen molar-refractivity contribution in [3.05, 3.63) is 81.9 Å². The van der Waals surface area contributed by atoms with E-state index in [1.807, 2.05) is 6.07 Å². The fourth-order valence-corrected chi connectivity index (χ4v) is 3.29. The van der Waals surface area contributed by atoms with Crippen LogP contribution < -0.4 is 15.2 Å². The molecule has 10 heteroatoms. The third-order valence-corrected chi connectivity index (χ3v) is 4.68. The molecule has 0 radical (unpaired) electrons. The average molecular weight is 450 g/mol. The van der Waals surface area contributed by atoms with Crippen LogP contribution in [0.25, 0.3) is 16.8 Å². The van der Waals surface area contributed by atoms with Gasteiger partial charge in [-0.15, -0.1) is 13.2 Å². The van der Waals surface area contributed by atoms with E-state index in [4.69, 9.17) is 16.3 Å².